The Balaban J connectivity index is 1.57. The zero-order valence-electron chi connectivity index (χ0n) is 12.1. The van der Waals surface area contributed by atoms with Crippen molar-refractivity contribution in [2.45, 2.75) is 32.2 Å². The zero-order chi connectivity index (χ0) is 13.5. The van der Waals surface area contributed by atoms with Crippen LogP contribution in [0.15, 0.2) is 0 Å². The number of carbonyl (C=O) groups excluding carboxylic acids is 1. The minimum Gasteiger partial charge on any atom is -0.378 e. The van der Waals surface area contributed by atoms with Crippen molar-refractivity contribution in [3.63, 3.8) is 0 Å². The summed E-state index contributed by atoms with van der Waals surface area (Å²) >= 11 is 0. The van der Waals surface area contributed by atoms with Crippen LogP contribution in [0.25, 0.3) is 0 Å². The van der Waals surface area contributed by atoms with E-state index in [0.717, 1.165) is 32.6 Å². The molecule has 0 bridgehead atoms. The van der Waals surface area contributed by atoms with Gasteiger partial charge in [0.15, 0.2) is 0 Å². The number of rotatable bonds is 6. The van der Waals surface area contributed by atoms with Gasteiger partial charge in [-0.1, -0.05) is 0 Å². The van der Waals surface area contributed by atoms with E-state index in [1.54, 1.807) is 0 Å². The number of nitrogens with zero attached hydrogens (tertiary/aromatic N) is 2. The topological polar surface area (TPSA) is 44.8 Å². The van der Waals surface area contributed by atoms with Gasteiger partial charge in [0.1, 0.15) is 0 Å². The molecule has 2 rings (SSSR count). The van der Waals surface area contributed by atoms with Gasteiger partial charge in [0.05, 0.1) is 19.3 Å². The molecule has 1 atom stereocenters. The minimum absolute atomic E-state index is 0.0725. The van der Waals surface area contributed by atoms with E-state index in [0.29, 0.717) is 13.2 Å². The van der Waals surface area contributed by atoms with E-state index in [4.69, 9.17) is 4.74 Å². The van der Waals surface area contributed by atoms with Gasteiger partial charge in [-0.25, -0.2) is 0 Å². The van der Waals surface area contributed by atoms with Crippen LogP contribution in [0.3, 0.4) is 0 Å². The van der Waals surface area contributed by atoms with Gasteiger partial charge in [0, 0.05) is 13.1 Å². The van der Waals surface area contributed by atoms with E-state index in [-0.39, 0.29) is 11.9 Å². The minimum atomic E-state index is -0.0725. The molecule has 2 heterocycles. The van der Waals surface area contributed by atoms with Crippen molar-refractivity contribution in [2.75, 3.05) is 52.5 Å². The Kier molecular flexibility index (Phi) is 6.07. The lowest BCUT2D eigenvalue weighted by molar-refractivity contribution is -0.137. The Hall–Kier alpha value is -0.650. The maximum Gasteiger partial charge on any atom is 0.239 e. The highest BCUT2D eigenvalue weighted by atomic mass is 16.5. The van der Waals surface area contributed by atoms with Crippen LogP contribution < -0.4 is 5.32 Å². The second-order valence-electron chi connectivity index (χ2n) is 5.52. The number of carbonyl (C=O) groups is 1. The number of morpholine rings is 1. The van der Waals surface area contributed by atoms with Crippen LogP contribution in [0.5, 0.6) is 0 Å². The lowest BCUT2D eigenvalue weighted by Gasteiger charge is -2.29. The first-order valence-corrected chi connectivity index (χ1v) is 7.59. The fourth-order valence-electron chi connectivity index (χ4n) is 2.77. The molecule has 0 radical (unpaired) electrons. The summed E-state index contributed by atoms with van der Waals surface area (Å²) in [6, 6.07) is -0.0725. The van der Waals surface area contributed by atoms with Gasteiger partial charge >= 0.3 is 0 Å². The highest BCUT2D eigenvalue weighted by molar-refractivity contribution is 5.81. The van der Waals surface area contributed by atoms with Crippen molar-refractivity contribution >= 4 is 5.91 Å². The van der Waals surface area contributed by atoms with Crippen molar-refractivity contribution in [1.82, 2.24) is 15.1 Å². The molecule has 5 heteroatoms. The van der Waals surface area contributed by atoms with Crippen LogP contribution in [0.1, 0.15) is 26.2 Å². The Morgan fingerprint density at radius 2 is 1.89 bits per heavy atom. The van der Waals surface area contributed by atoms with E-state index in [1.165, 1.54) is 25.9 Å². The summed E-state index contributed by atoms with van der Waals surface area (Å²) in [5.74, 6) is 0.212. The molecule has 19 heavy (non-hydrogen) atoms. The molecule has 0 aromatic rings. The number of ether oxygens (including phenoxy) is 1. The van der Waals surface area contributed by atoms with E-state index in [2.05, 4.69) is 10.2 Å². The summed E-state index contributed by atoms with van der Waals surface area (Å²) in [5, 5.41) is 3.34. The number of nitrogens with one attached hydrogen (secondary N) is 1. The summed E-state index contributed by atoms with van der Waals surface area (Å²) in [6.45, 7) is 9.37. The highest BCUT2D eigenvalue weighted by Gasteiger charge is 2.21. The third kappa shape index (κ3) is 4.75. The number of hydrogen-bond donors (Lipinski definition) is 1. The fraction of sp³-hybridized carbons (Fsp3) is 0.929. The van der Waals surface area contributed by atoms with Crippen molar-refractivity contribution in [2.24, 2.45) is 0 Å². The molecule has 2 aliphatic rings. The van der Waals surface area contributed by atoms with Gasteiger partial charge in [-0.15, -0.1) is 0 Å². The molecular formula is C14H27N3O2. The fourth-order valence-corrected chi connectivity index (χ4v) is 2.77. The lowest BCUT2D eigenvalue weighted by Crippen LogP contribution is -2.49. The van der Waals surface area contributed by atoms with Crippen molar-refractivity contribution in [1.29, 1.82) is 0 Å². The summed E-state index contributed by atoms with van der Waals surface area (Å²) in [5.41, 5.74) is 0. The smallest absolute Gasteiger partial charge is 0.239 e. The summed E-state index contributed by atoms with van der Waals surface area (Å²) in [7, 11) is 0. The Bertz CT molecular complexity index is 274. The molecule has 0 spiro atoms. The summed E-state index contributed by atoms with van der Waals surface area (Å²) < 4.78 is 5.27. The third-order valence-electron chi connectivity index (χ3n) is 3.99. The highest BCUT2D eigenvalue weighted by Crippen LogP contribution is 2.07. The van der Waals surface area contributed by atoms with E-state index in [1.807, 2.05) is 11.8 Å². The SMILES string of the molecule is CC(NCCCN1CCCC1)C(=O)N1CCOCC1. The zero-order valence-corrected chi connectivity index (χ0v) is 12.1. The maximum atomic E-state index is 12.1. The second-order valence-corrected chi connectivity index (χ2v) is 5.52. The average Bonchev–Trinajstić information content (AvgIpc) is 2.96. The molecule has 1 N–H and O–H groups in total. The molecule has 2 saturated heterocycles. The molecule has 110 valence electrons. The molecule has 0 aromatic heterocycles. The molecule has 1 unspecified atom stereocenters. The number of hydrogen-bond acceptors (Lipinski definition) is 4. The standard InChI is InChI=1S/C14H27N3O2/c1-13(14(18)17-9-11-19-12-10-17)15-5-4-8-16-6-2-3-7-16/h13,15H,2-12H2,1H3. The largest absolute Gasteiger partial charge is 0.378 e. The predicted molar refractivity (Wildman–Crippen MR) is 75.2 cm³/mol. The number of amides is 1. The third-order valence-corrected chi connectivity index (χ3v) is 3.99. The van der Waals surface area contributed by atoms with Crippen LogP contribution in [-0.2, 0) is 9.53 Å². The molecule has 0 aromatic carbocycles. The van der Waals surface area contributed by atoms with Gasteiger partial charge in [-0.05, 0) is 52.4 Å². The first kappa shape index (κ1) is 14.8. The molecule has 5 nitrogen and oxygen atoms in total. The number of likely N-dealkylation sites (tertiary alicyclic amines) is 1. The first-order valence-electron chi connectivity index (χ1n) is 7.59. The van der Waals surface area contributed by atoms with Gasteiger partial charge in [0.2, 0.25) is 5.91 Å². The van der Waals surface area contributed by atoms with Crippen LogP contribution >= 0.6 is 0 Å². The predicted octanol–water partition coefficient (Wildman–Crippen LogP) is 0.309. The molecular weight excluding hydrogens is 242 g/mol. The normalized spacial score (nSPS) is 22.7. The molecule has 0 aliphatic carbocycles. The van der Waals surface area contributed by atoms with Gasteiger partial charge in [0.25, 0.3) is 0 Å². The van der Waals surface area contributed by atoms with Crippen LogP contribution in [0, 0.1) is 0 Å². The van der Waals surface area contributed by atoms with Crippen LogP contribution in [-0.4, -0.2) is 74.2 Å². The van der Waals surface area contributed by atoms with Crippen molar-refractivity contribution < 1.29 is 9.53 Å². The average molecular weight is 269 g/mol. The Morgan fingerprint density at radius 3 is 2.58 bits per heavy atom. The van der Waals surface area contributed by atoms with E-state index < -0.39 is 0 Å². The van der Waals surface area contributed by atoms with Crippen LogP contribution in [0.4, 0.5) is 0 Å². The van der Waals surface area contributed by atoms with Gasteiger partial charge in [-0.2, -0.15) is 0 Å². The van der Waals surface area contributed by atoms with E-state index >= 15 is 0 Å². The monoisotopic (exact) mass is 269 g/mol. The maximum absolute atomic E-state index is 12.1. The Morgan fingerprint density at radius 1 is 1.21 bits per heavy atom. The quantitative estimate of drug-likeness (QED) is 0.705. The Labute approximate surface area is 116 Å². The summed E-state index contributed by atoms with van der Waals surface area (Å²) in [4.78, 5) is 16.6. The molecule has 2 aliphatic heterocycles. The van der Waals surface area contributed by atoms with Crippen molar-refractivity contribution in [3.05, 3.63) is 0 Å². The second kappa shape index (κ2) is 7.82. The van der Waals surface area contributed by atoms with Crippen LogP contribution in [0.2, 0.25) is 0 Å². The van der Waals surface area contributed by atoms with Crippen molar-refractivity contribution in [3.8, 4) is 0 Å². The van der Waals surface area contributed by atoms with E-state index in [9.17, 15) is 4.79 Å². The lowest BCUT2D eigenvalue weighted by atomic mass is 10.2. The molecule has 0 saturated carbocycles. The first-order chi connectivity index (χ1) is 9.27. The molecule has 2 fully saturated rings. The molecule has 1 amide bonds. The van der Waals surface area contributed by atoms with Gasteiger partial charge in [-0.3, -0.25) is 4.79 Å². The van der Waals surface area contributed by atoms with Gasteiger partial charge < -0.3 is 19.9 Å². The summed E-state index contributed by atoms with van der Waals surface area (Å²) in [6.07, 6.45) is 3.82.